The van der Waals surface area contributed by atoms with Crippen LogP contribution in [0.4, 0.5) is 10.5 Å². The second kappa shape index (κ2) is 9.81. The van der Waals surface area contributed by atoms with Crippen molar-refractivity contribution in [2.24, 2.45) is 0 Å². The molecule has 1 aromatic rings. The van der Waals surface area contributed by atoms with E-state index in [-0.39, 0.29) is 6.03 Å². The Balaban J connectivity index is 2.10. The van der Waals surface area contributed by atoms with Crippen molar-refractivity contribution in [1.82, 2.24) is 5.32 Å². The molecule has 0 saturated carbocycles. The van der Waals surface area contributed by atoms with Crippen LogP contribution in [0.5, 0.6) is 0 Å². The molecule has 0 saturated heterocycles. The highest BCUT2D eigenvalue weighted by atomic mass is 79.9. The minimum Gasteiger partial charge on any atom is -0.381 e. The van der Waals surface area contributed by atoms with E-state index < -0.39 is 0 Å². The lowest BCUT2D eigenvalue weighted by molar-refractivity contribution is 0.129. The van der Waals surface area contributed by atoms with E-state index in [0.29, 0.717) is 13.2 Å². The summed E-state index contributed by atoms with van der Waals surface area (Å²) < 4.78 is 6.28. The van der Waals surface area contributed by atoms with E-state index in [0.717, 1.165) is 36.0 Å². The van der Waals surface area contributed by atoms with Crippen LogP contribution in [-0.4, -0.2) is 25.8 Å². The number of para-hydroxylation sites is 1. The Labute approximate surface area is 123 Å². The van der Waals surface area contributed by atoms with Crippen LogP contribution in [0.1, 0.15) is 26.2 Å². The van der Waals surface area contributed by atoms with Crippen LogP contribution >= 0.6 is 15.9 Å². The highest BCUT2D eigenvalue weighted by Gasteiger charge is 2.03. The molecular weight excluding hydrogens is 308 g/mol. The Bertz CT molecular complexity index is 385. The minimum absolute atomic E-state index is 0.194. The van der Waals surface area contributed by atoms with E-state index in [2.05, 4.69) is 33.5 Å². The summed E-state index contributed by atoms with van der Waals surface area (Å²) in [5.41, 5.74) is 0.763. The second-order valence-corrected chi connectivity index (χ2v) is 5.03. The van der Waals surface area contributed by atoms with Gasteiger partial charge in [0.05, 0.1) is 5.69 Å². The second-order valence-electron chi connectivity index (χ2n) is 4.18. The first-order chi connectivity index (χ1) is 9.24. The van der Waals surface area contributed by atoms with Crippen molar-refractivity contribution in [2.45, 2.75) is 26.2 Å². The molecule has 0 radical (unpaired) electrons. The topological polar surface area (TPSA) is 50.4 Å². The first kappa shape index (κ1) is 16.0. The van der Waals surface area contributed by atoms with Gasteiger partial charge >= 0.3 is 6.03 Å². The van der Waals surface area contributed by atoms with E-state index in [1.807, 2.05) is 24.3 Å². The molecule has 19 heavy (non-hydrogen) atoms. The highest BCUT2D eigenvalue weighted by molar-refractivity contribution is 9.10. The van der Waals surface area contributed by atoms with E-state index in [9.17, 15) is 4.79 Å². The lowest BCUT2D eigenvalue weighted by atomic mass is 10.3. The quantitative estimate of drug-likeness (QED) is 0.713. The van der Waals surface area contributed by atoms with Crippen molar-refractivity contribution in [2.75, 3.05) is 25.1 Å². The molecule has 1 rings (SSSR count). The fourth-order valence-corrected chi connectivity index (χ4v) is 1.84. The minimum atomic E-state index is -0.194. The number of halogens is 1. The summed E-state index contributed by atoms with van der Waals surface area (Å²) in [7, 11) is 0. The van der Waals surface area contributed by atoms with Gasteiger partial charge in [-0.2, -0.15) is 0 Å². The molecule has 5 heteroatoms. The largest absolute Gasteiger partial charge is 0.381 e. The van der Waals surface area contributed by atoms with Crippen molar-refractivity contribution in [3.8, 4) is 0 Å². The number of anilines is 1. The number of hydrogen-bond acceptors (Lipinski definition) is 2. The summed E-state index contributed by atoms with van der Waals surface area (Å²) in [6.45, 7) is 4.24. The number of unbranched alkanes of at least 4 members (excludes halogenated alkanes) is 1. The monoisotopic (exact) mass is 328 g/mol. The first-order valence-corrected chi connectivity index (χ1v) is 7.40. The normalized spacial score (nSPS) is 10.2. The standard InChI is InChI=1S/C14H21BrN2O2/c1-2-3-10-19-11-6-9-16-14(18)17-13-8-5-4-7-12(13)15/h4-5,7-8H,2-3,6,9-11H2,1H3,(H2,16,17,18). The Morgan fingerprint density at radius 3 is 2.74 bits per heavy atom. The third kappa shape index (κ3) is 7.18. The number of benzene rings is 1. The van der Waals surface area contributed by atoms with Gasteiger partial charge in [0.15, 0.2) is 0 Å². The molecule has 0 atom stereocenters. The molecule has 0 spiro atoms. The van der Waals surface area contributed by atoms with Crippen LogP contribution in [0.2, 0.25) is 0 Å². The predicted molar refractivity (Wildman–Crippen MR) is 81.5 cm³/mol. The maximum absolute atomic E-state index is 11.6. The van der Waals surface area contributed by atoms with Crippen molar-refractivity contribution < 1.29 is 9.53 Å². The average Bonchev–Trinajstić information content (AvgIpc) is 2.40. The molecule has 0 aliphatic heterocycles. The number of carbonyl (C=O) groups excluding carboxylic acids is 1. The van der Waals surface area contributed by atoms with Crippen molar-refractivity contribution in [1.29, 1.82) is 0 Å². The van der Waals surface area contributed by atoms with Gasteiger partial charge in [0.1, 0.15) is 0 Å². The highest BCUT2D eigenvalue weighted by Crippen LogP contribution is 2.20. The van der Waals surface area contributed by atoms with E-state index in [1.54, 1.807) is 0 Å². The third-order valence-electron chi connectivity index (χ3n) is 2.52. The Hall–Kier alpha value is -1.07. The van der Waals surface area contributed by atoms with Crippen molar-refractivity contribution in [3.05, 3.63) is 28.7 Å². The van der Waals surface area contributed by atoms with E-state index in [1.165, 1.54) is 0 Å². The number of nitrogens with one attached hydrogen (secondary N) is 2. The molecule has 106 valence electrons. The maximum atomic E-state index is 11.6. The molecule has 0 aliphatic rings. The number of hydrogen-bond donors (Lipinski definition) is 2. The van der Waals surface area contributed by atoms with Gasteiger partial charge in [-0.25, -0.2) is 4.79 Å². The van der Waals surface area contributed by atoms with Crippen LogP contribution in [0.15, 0.2) is 28.7 Å². The summed E-state index contributed by atoms with van der Waals surface area (Å²) in [6, 6.07) is 7.32. The Morgan fingerprint density at radius 1 is 1.26 bits per heavy atom. The summed E-state index contributed by atoms with van der Waals surface area (Å²) in [6.07, 6.45) is 3.07. The molecule has 0 heterocycles. The fraction of sp³-hybridized carbons (Fsp3) is 0.500. The first-order valence-electron chi connectivity index (χ1n) is 6.61. The summed E-state index contributed by atoms with van der Waals surface area (Å²) in [5, 5.41) is 5.58. The van der Waals surface area contributed by atoms with Gasteiger partial charge < -0.3 is 15.4 Å². The fourth-order valence-electron chi connectivity index (χ4n) is 1.45. The average molecular weight is 329 g/mol. The Morgan fingerprint density at radius 2 is 2.00 bits per heavy atom. The number of amides is 2. The zero-order chi connectivity index (χ0) is 13.9. The third-order valence-corrected chi connectivity index (χ3v) is 3.21. The van der Waals surface area contributed by atoms with E-state index in [4.69, 9.17) is 4.74 Å². The molecule has 0 aliphatic carbocycles. The molecule has 0 fully saturated rings. The molecule has 0 bridgehead atoms. The smallest absolute Gasteiger partial charge is 0.319 e. The van der Waals surface area contributed by atoms with Crippen LogP contribution < -0.4 is 10.6 Å². The van der Waals surface area contributed by atoms with Crippen LogP contribution in [0.3, 0.4) is 0 Å². The van der Waals surface area contributed by atoms with Gasteiger partial charge in [-0.3, -0.25) is 0 Å². The lowest BCUT2D eigenvalue weighted by Gasteiger charge is -2.09. The van der Waals surface area contributed by atoms with Crippen LogP contribution in [0.25, 0.3) is 0 Å². The maximum Gasteiger partial charge on any atom is 0.319 e. The molecular formula is C14H21BrN2O2. The van der Waals surface area contributed by atoms with Gasteiger partial charge in [0.25, 0.3) is 0 Å². The summed E-state index contributed by atoms with van der Waals surface area (Å²) in [4.78, 5) is 11.6. The van der Waals surface area contributed by atoms with Crippen molar-refractivity contribution >= 4 is 27.6 Å². The molecule has 4 nitrogen and oxygen atoms in total. The van der Waals surface area contributed by atoms with Gasteiger partial charge in [0, 0.05) is 24.2 Å². The zero-order valence-electron chi connectivity index (χ0n) is 11.2. The van der Waals surface area contributed by atoms with Gasteiger partial charge in [0.2, 0.25) is 0 Å². The van der Waals surface area contributed by atoms with Crippen LogP contribution in [-0.2, 0) is 4.74 Å². The molecule has 2 amide bonds. The van der Waals surface area contributed by atoms with Gasteiger partial charge in [-0.1, -0.05) is 25.5 Å². The zero-order valence-corrected chi connectivity index (χ0v) is 12.8. The summed E-state index contributed by atoms with van der Waals surface area (Å²) in [5.74, 6) is 0. The predicted octanol–water partition coefficient (Wildman–Crippen LogP) is 3.78. The number of ether oxygens (including phenoxy) is 1. The van der Waals surface area contributed by atoms with Crippen molar-refractivity contribution in [3.63, 3.8) is 0 Å². The molecule has 1 aromatic carbocycles. The van der Waals surface area contributed by atoms with E-state index >= 15 is 0 Å². The van der Waals surface area contributed by atoms with Gasteiger partial charge in [-0.05, 0) is 40.9 Å². The molecule has 0 aromatic heterocycles. The number of urea groups is 1. The lowest BCUT2D eigenvalue weighted by Crippen LogP contribution is -2.30. The molecule has 2 N–H and O–H groups in total. The Kier molecular flexibility index (Phi) is 8.25. The van der Waals surface area contributed by atoms with Gasteiger partial charge in [-0.15, -0.1) is 0 Å². The summed E-state index contributed by atoms with van der Waals surface area (Å²) >= 11 is 3.38. The number of carbonyl (C=O) groups is 1. The molecule has 0 unspecified atom stereocenters. The van der Waals surface area contributed by atoms with Crippen LogP contribution in [0, 0.1) is 0 Å². The SMILES string of the molecule is CCCCOCCCNC(=O)Nc1ccccc1Br. The number of rotatable bonds is 8.